The minimum absolute atomic E-state index is 0.321. The number of esters is 1. The van der Waals surface area contributed by atoms with Gasteiger partial charge in [-0.05, 0) is 31.0 Å². The number of ketones is 1. The number of carbonyl (C=O) groups is 2. The van der Waals surface area contributed by atoms with Crippen molar-refractivity contribution in [2.45, 2.75) is 20.3 Å². The molecule has 1 aromatic rings. The Morgan fingerprint density at radius 2 is 1.68 bits per heavy atom. The molecule has 0 spiro atoms. The van der Waals surface area contributed by atoms with Crippen LogP contribution in [-0.2, 0) is 9.53 Å². The van der Waals surface area contributed by atoms with Gasteiger partial charge < -0.3 is 14.2 Å². The average Bonchev–Trinajstić information content (AvgIpc) is 2.41. The molecular weight excluding hydrogens is 248 g/mol. The molecule has 0 radical (unpaired) electrons. The second-order valence-corrected chi connectivity index (χ2v) is 4.09. The topological polar surface area (TPSA) is 61.8 Å². The molecule has 0 unspecified atom stereocenters. The smallest absolute Gasteiger partial charge is 0.313 e. The molecule has 1 rings (SSSR count). The summed E-state index contributed by atoms with van der Waals surface area (Å²) in [6.45, 7) is 3.72. The van der Waals surface area contributed by atoms with Crippen LogP contribution in [0.4, 0.5) is 0 Å². The summed E-state index contributed by atoms with van der Waals surface area (Å²) in [5, 5.41) is 0. The van der Waals surface area contributed by atoms with E-state index in [1.807, 2.05) is 13.8 Å². The number of rotatable bonds is 5. The van der Waals surface area contributed by atoms with Crippen molar-refractivity contribution < 1.29 is 23.8 Å². The van der Waals surface area contributed by atoms with E-state index in [2.05, 4.69) is 4.74 Å². The highest BCUT2D eigenvalue weighted by Gasteiger charge is 2.21. The predicted molar refractivity (Wildman–Crippen MR) is 70.0 cm³/mol. The second-order valence-electron chi connectivity index (χ2n) is 4.09. The largest absolute Gasteiger partial charge is 0.496 e. The van der Waals surface area contributed by atoms with Crippen molar-refractivity contribution in [1.82, 2.24) is 0 Å². The molecule has 0 aliphatic heterocycles. The van der Waals surface area contributed by atoms with Gasteiger partial charge in [-0.3, -0.25) is 9.59 Å². The Morgan fingerprint density at radius 1 is 1.05 bits per heavy atom. The van der Waals surface area contributed by atoms with Crippen LogP contribution >= 0.6 is 0 Å². The van der Waals surface area contributed by atoms with E-state index in [0.29, 0.717) is 17.1 Å². The molecule has 0 fully saturated rings. The van der Waals surface area contributed by atoms with E-state index in [1.54, 1.807) is 6.07 Å². The maximum atomic E-state index is 12.1. The minimum Gasteiger partial charge on any atom is -0.496 e. The Labute approximate surface area is 112 Å². The summed E-state index contributed by atoms with van der Waals surface area (Å²) in [5.74, 6) is 0.119. The first-order chi connectivity index (χ1) is 8.96. The van der Waals surface area contributed by atoms with Crippen LogP contribution in [0.2, 0.25) is 0 Å². The van der Waals surface area contributed by atoms with Crippen molar-refractivity contribution >= 4 is 11.8 Å². The van der Waals surface area contributed by atoms with Crippen molar-refractivity contribution in [1.29, 1.82) is 0 Å². The van der Waals surface area contributed by atoms with Crippen LogP contribution in [0.5, 0.6) is 11.5 Å². The zero-order valence-corrected chi connectivity index (χ0v) is 11.8. The van der Waals surface area contributed by atoms with Gasteiger partial charge in [0, 0.05) is 0 Å². The Bertz CT molecular complexity index is 505. The standard InChI is InChI=1S/C14H18O5/c1-8-9(2)14(19-5)10(6-12(8)17-3)11(15)7-13(16)18-4/h6H,7H2,1-5H3. The highest BCUT2D eigenvalue weighted by molar-refractivity contribution is 6.08. The van der Waals surface area contributed by atoms with E-state index >= 15 is 0 Å². The first kappa shape index (κ1) is 15.0. The Kier molecular flexibility index (Phi) is 4.92. The van der Waals surface area contributed by atoms with Crippen LogP contribution in [0.1, 0.15) is 27.9 Å². The zero-order valence-electron chi connectivity index (χ0n) is 11.8. The van der Waals surface area contributed by atoms with Gasteiger partial charge in [-0.25, -0.2) is 0 Å². The number of ether oxygens (including phenoxy) is 3. The molecule has 0 heterocycles. The minimum atomic E-state index is -0.579. The van der Waals surface area contributed by atoms with Gasteiger partial charge >= 0.3 is 5.97 Å². The molecule has 5 heteroatoms. The molecule has 0 atom stereocenters. The van der Waals surface area contributed by atoms with Crippen molar-refractivity contribution in [3.05, 3.63) is 22.8 Å². The van der Waals surface area contributed by atoms with E-state index in [-0.39, 0.29) is 12.2 Å². The lowest BCUT2D eigenvalue weighted by molar-refractivity contribution is -0.139. The summed E-state index contributed by atoms with van der Waals surface area (Å²) in [7, 11) is 4.26. The van der Waals surface area contributed by atoms with Gasteiger partial charge in [0.2, 0.25) is 0 Å². The van der Waals surface area contributed by atoms with Gasteiger partial charge in [0.15, 0.2) is 5.78 Å². The number of Topliss-reactive ketones (excluding diaryl/α,β-unsaturated/α-hetero) is 1. The number of benzene rings is 1. The number of hydrogen-bond donors (Lipinski definition) is 0. The number of hydrogen-bond acceptors (Lipinski definition) is 5. The van der Waals surface area contributed by atoms with Crippen LogP contribution < -0.4 is 9.47 Å². The average molecular weight is 266 g/mol. The Hall–Kier alpha value is -2.04. The molecule has 0 saturated carbocycles. The molecule has 0 bridgehead atoms. The summed E-state index contributed by atoms with van der Waals surface area (Å²) in [6, 6.07) is 1.59. The van der Waals surface area contributed by atoms with Gasteiger partial charge in [-0.15, -0.1) is 0 Å². The molecule has 0 saturated heterocycles. The fourth-order valence-corrected chi connectivity index (χ4v) is 1.84. The summed E-state index contributed by atoms with van der Waals surface area (Å²) < 4.78 is 15.0. The van der Waals surface area contributed by atoms with E-state index in [9.17, 15) is 9.59 Å². The maximum absolute atomic E-state index is 12.1. The first-order valence-electron chi connectivity index (χ1n) is 5.78. The normalized spacial score (nSPS) is 9.95. The van der Waals surface area contributed by atoms with Crippen LogP contribution in [0, 0.1) is 13.8 Å². The fourth-order valence-electron chi connectivity index (χ4n) is 1.84. The second kappa shape index (κ2) is 6.22. The van der Waals surface area contributed by atoms with Crippen LogP contribution in [0.3, 0.4) is 0 Å². The van der Waals surface area contributed by atoms with Gasteiger partial charge in [-0.1, -0.05) is 0 Å². The molecule has 104 valence electrons. The lowest BCUT2D eigenvalue weighted by atomic mass is 9.99. The molecule has 0 N–H and O–H groups in total. The number of methoxy groups -OCH3 is 3. The fraction of sp³-hybridized carbons (Fsp3) is 0.429. The quantitative estimate of drug-likeness (QED) is 0.464. The SMILES string of the molecule is COC(=O)CC(=O)c1cc(OC)c(C)c(C)c1OC. The Balaban J connectivity index is 3.29. The summed E-state index contributed by atoms with van der Waals surface area (Å²) >= 11 is 0. The zero-order chi connectivity index (χ0) is 14.6. The highest BCUT2D eigenvalue weighted by atomic mass is 16.5. The van der Waals surface area contributed by atoms with Crippen molar-refractivity contribution in [3.8, 4) is 11.5 Å². The van der Waals surface area contributed by atoms with Crippen molar-refractivity contribution in [3.63, 3.8) is 0 Å². The molecule has 5 nitrogen and oxygen atoms in total. The molecule has 0 aliphatic rings. The molecule has 1 aromatic carbocycles. The van der Waals surface area contributed by atoms with Gasteiger partial charge in [0.25, 0.3) is 0 Å². The van der Waals surface area contributed by atoms with Gasteiger partial charge in [0.05, 0.1) is 26.9 Å². The molecule has 0 aliphatic carbocycles. The third-order valence-electron chi connectivity index (χ3n) is 3.05. The molecular formula is C14H18O5. The molecule has 19 heavy (non-hydrogen) atoms. The van der Waals surface area contributed by atoms with E-state index in [4.69, 9.17) is 9.47 Å². The monoisotopic (exact) mass is 266 g/mol. The van der Waals surface area contributed by atoms with Crippen LogP contribution in [0.25, 0.3) is 0 Å². The first-order valence-corrected chi connectivity index (χ1v) is 5.78. The van der Waals surface area contributed by atoms with Gasteiger partial charge in [0.1, 0.15) is 17.9 Å². The van der Waals surface area contributed by atoms with E-state index in [1.165, 1.54) is 21.3 Å². The van der Waals surface area contributed by atoms with Crippen molar-refractivity contribution in [2.75, 3.05) is 21.3 Å². The third-order valence-corrected chi connectivity index (χ3v) is 3.05. The predicted octanol–water partition coefficient (Wildman–Crippen LogP) is 2.07. The molecule has 0 amide bonds. The summed E-state index contributed by atoms with van der Waals surface area (Å²) in [6.07, 6.45) is -0.321. The molecule has 0 aromatic heterocycles. The Morgan fingerprint density at radius 3 is 2.16 bits per heavy atom. The summed E-state index contributed by atoms with van der Waals surface area (Å²) in [4.78, 5) is 23.3. The summed E-state index contributed by atoms with van der Waals surface area (Å²) in [5.41, 5.74) is 2.04. The third kappa shape index (κ3) is 3.05. The maximum Gasteiger partial charge on any atom is 0.313 e. The van der Waals surface area contributed by atoms with E-state index < -0.39 is 5.97 Å². The van der Waals surface area contributed by atoms with E-state index in [0.717, 1.165) is 11.1 Å². The van der Waals surface area contributed by atoms with Crippen LogP contribution in [0.15, 0.2) is 6.07 Å². The van der Waals surface area contributed by atoms with Gasteiger partial charge in [-0.2, -0.15) is 0 Å². The van der Waals surface area contributed by atoms with Crippen molar-refractivity contribution in [2.24, 2.45) is 0 Å². The number of carbonyl (C=O) groups excluding carboxylic acids is 2. The highest BCUT2D eigenvalue weighted by Crippen LogP contribution is 2.33. The lowest BCUT2D eigenvalue weighted by Gasteiger charge is -2.15. The van der Waals surface area contributed by atoms with Crippen LogP contribution in [-0.4, -0.2) is 33.1 Å². The lowest BCUT2D eigenvalue weighted by Crippen LogP contribution is -2.12.